The number of nitrogens with one attached hydrogen (secondary N) is 1. The van der Waals surface area contributed by atoms with E-state index in [-0.39, 0.29) is 16.8 Å². The molecule has 0 saturated carbocycles. The van der Waals surface area contributed by atoms with Gasteiger partial charge in [-0.1, -0.05) is 42.5 Å². The number of esters is 2. The van der Waals surface area contributed by atoms with Gasteiger partial charge >= 0.3 is 11.9 Å². The quantitative estimate of drug-likeness (QED) is 0.596. The van der Waals surface area contributed by atoms with E-state index in [0.717, 1.165) is 0 Å². The highest BCUT2D eigenvalue weighted by molar-refractivity contribution is 6.02. The second-order valence-electron chi connectivity index (χ2n) is 6.07. The van der Waals surface area contributed by atoms with E-state index < -0.39 is 24.5 Å². The predicted molar refractivity (Wildman–Crippen MR) is 110 cm³/mol. The molecular weight excluding hydrogens is 386 g/mol. The lowest BCUT2D eigenvalue weighted by atomic mass is 10.2. The van der Waals surface area contributed by atoms with Gasteiger partial charge in [-0.3, -0.25) is 4.79 Å². The first kappa shape index (κ1) is 20.6. The number of benzene rings is 3. The van der Waals surface area contributed by atoms with E-state index in [1.54, 1.807) is 54.6 Å². The Bertz CT molecular complexity index is 1050. The highest BCUT2D eigenvalue weighted by Gasteiger charge is 2.17. The second kappa shape index (κ2) is 9.88. The zero-order valence-corrected chi connectivity index (χ0v) is 16.2. The van der Waals surface area contributed by atoms with Gasteiger partial charge in [-0.15, -0.1) is 0 Å². The van der Waals surface area contributed by atoms with Crippen molar-refractivity contribution in [3.8, 4) is 11.5 Å². The molecule has 0 bridgehead atoms. The van der Waals surface area contributed by atoms with Crippen LogP contribution in [-0.2, 0) is 14.3 Å². The number of hydrogen-bond acceptors (Lipinski definition) is 6. The Kier molecular flexibility index (Phi) is 6.78. The number of para-hydroxylation sites is 3. The Hall–Kier alpha value is -4.13. The standard InChI is InChI=1S/C23H19NO6/c1-28-22(26)17-11-5-7-13-19(17)24-21(25)15-29-23(27)18-12-6-8-14-20(18)30-16-9-3-2-4-10-16/h2-14H,15H2,1H3,(H,24,25). The van der Waals surface area contributed by atoms with E-state index in [9.17, 15) is 14.4 Å². The average Bonchev–Trinajstić information content (AvgIpc) is 2.78. The fourth-order valence-electron chi connectivity index (χ4n) is 2.61. The molecule has 1 N–H and O–H groups in total. The summed E-state index contributed by atoms with van der Waals surface area (Å²) in [6, 6.07) is 21.9. The molecule has 0 aromatic heterocycles. The summed E-state index contributed by atoms with van der Waals surface area (Å²) < 4.78 is 15.5. The molecule has 3 aromatic rings. The van der Waals surface area contributed by atoms with Gasteiger partial charge in [-0.2, -0.15) is 0 Å². The van der Waals surface area contributed by atoms with Crippen LogP contribution in [0.4, 0.5) is 5.69 Å². The molecule has 0 saturated heterocycles. The number of anilines is 1. The lowest BCUT2D eigenvalue weighted by Gasteiger charge is -2.12. The van der Waals surface area contributed by atoms with Gasteiger partial charge in [0.2, 0.25) is 0 Å². The van der Waals surface area contributed by atoms with Crippen molar-refractivity contribution in [2.24, 2.45) is 0 Å². The molecular formula is C23H19NO6. The van der Waals surface area contributed by atoms with Crippen LogP contribution in [0.3, 0.4) is 0 Å². The molecule has 30 heavy (non-hydrogen) atoms. The average molecular weight is 405 g/mol. The fourth-order valence-corrected chi connectivity index (χ4v) is 2.61. The zero-order valence-electron chi connectivity index (χ0n) is 16.2. The SMILES string of the molecule is COC(=O)c1ccccc1NC(=O)COC(=O)c1ccccc1Oc1ccccc1. The highest BCUT2D eigenvalue weighted by atomic mass is 16.5. The van der Waals surface area contributed by atoms with E-state index in [1.165, 1.54) is 13.2 Å². The second-order valence-corrected chi connectivity index (χ2v) is 6.07. The van der Waals surface area contributed by atoms with Crippen LogP contribution in [0, 0.1) is 0 Å². The molecule has 0 heterocycles. The normalized spacial score (nSPS) is 10.0. The number of ether oxygens (including phenoxy) is 3. The smallest absolute Gasteiger partial charge is 0.342 e. The Morgan fingerprint density at radius 2 is 1.40 bits per heavy atom. The summed E-state index contributed by atoms with van der Waals surface area (Å²) in [6.07, 6.45) is 0. The monoisotopic (exact) mass is 405 g/mol. The predicted octanol–water partition coefficient (Wildman–Crippen LogP) is 4.06. The van der Waals surface area contributed by atoms with Crippen molar-refractivity contribution in [3.05, 3.63) is 90.0 Å². The number of carbonyl (C=O) groups is 3. The maximum absolute atomic E-state index is 12.5. The molecule has 3 rings (SSSR count). The molecule has 0 spiro atoms. The van der Waals surface area contributed by atoms with E-state index in [1.807, 2.05) is 18.2 Å². The number of rotatable bonds is 7. The lowest BCUT2D eigenvalue weighted by Crippen LogP contribution is -2.22. The third-order valence-electron chi connectivity index (χ3n) is 4.02. The minimum absolute atomic E-state index is 0.184. The first-order valence-corrected chi connectivity index (χ1v) is 9.04. The Balaban J connectivity index is 1.64. The first-order chi connectivity index (χ1) is 14.6. The van der Waals surface area contributed by atoms with E-state index in [4.69, 9.17) is 9.47 Å². The van der Waals surface area contributed by atoms with Gasteiger partial charge < -0.3 is 19.5 Å². The van der Waals surface area contributed by atoms with E-state index in [2.05, 4.69) is 10.1 Å². The summed E-state index contributed by atoms with van der Waals surface area (Å²) in [5, 5.41) is 2.54. The third kappa shape index (κ3) is 5.23. The highest BCUT2D eigenvalue weighted by Crippen LogP contribution is 2.25. The van der Waals surface area contributed by atoms with Crippen molar-refractivity contribution in [2.75, 3.05) is 19.0 Å². The van der Waals surface area contributed by atoms with Crippen LogP contribution >= 0.6 is 0 Å². The molecule has 7 heteroatoms. The molecule has 1 amide bonds. The van der Waals surface area contributed by atoms with Gasteiger partial charge in [0.15, 0.2) is 6.61 Å². The lowest BCUT2D eigenvalue weighted by molar-refractivity contribution is -0.119. The Morgan fingerprint density at radius 1 is 0.767 bits per heavy atom. The Morgan fingerprint density at radius 3 is 2.13 bits per heavy atom. The maximum Gasteiger partial charge on any atom is 0.342 e. The van der Waals surface area contributed by atoms with Crippen LogP contribution in [0.15, 0.2) is 78.9 Å². The van der Waals surface area contributed by atoms with Gasteiger partial charge in [-0.05, 0) is 36.4 Å². The van der Waals surface area contributed by atoms with Gasteiger partial charge in [0, 0.05) is 0 Å². The summed E-state index contributed by atoms with van der Waals surface area (Å²) in [5.74, 6) is -1.02. The minimum Gasteiger partial charge on any atom is -0.465 e. The molecule has 0 unspecified atom stereocenters. The molecule has 0 radical (unpaired) electrons. The van der Waals surface area contributed by atoms with Crippen LogP contribution in [-0.4, -0.2) is 31.6 Å². The van der Waals surface area contributed by atoms with Gasteiger partial charge in [0.05, 0.1) is 18.4 Å². The summed E-state index contributed by atoms with van der Waals surface area (Å²) in [5.41, 5.74) is 0.642. The van der Waals surface area contributed by atoms with Gasteiger partial charge in [0.25, 0.3) is 5.91 Å². The van der Waals surface area contributed by atoms with Crippen LogP contribution in [0.25, 0.3) is 0 Å². The minimum atomic E-state index is -0.710. The zero-order chi connectivity index (χ0) is 21.3. The van der Waals surface area contributed by atoms with Crippen LogP contribution in [0.5, 0.6) is 11.5 Å². The molecule has 0 fully saturated rings. The van der Waals surface area contributed by atoms with E-state index in [0.29, 0.717) is 11.5 Å². The van der Waals surface area contributed by atoms with Crippen LogP contribution < -0.4 is 10.1 Å². The van der Waals surface area contributed by atoms with Gasteiger partial charge in [0.1, 0.15) is 17.1 Å². The number of hydrogen-bond donors (Lipinski definition) is 1. The number of methoxy groups -OCH3 is 1. The van der Waals surface area contributed by atoms with Crippen molar-refractivity contribution in [1.29, 1.82) is 0 Å². The summed E-state index contributed by atoms with van der Waals surface area (Å²) >= 11 is 0. The fraction of sp³-hybridized carbons (Fsp3) is 0.0870. The van der Waals surface area contributed by atoms with Crippen molar-refractivity contribution in [3.63, 3.8) is 0 Å². The summed E-state index contributed by atoms with van der Waals surface area (Å²) in [6.45, 7) is -0.534. The molecule has 0 atom stereocenters. The van der Waals surface area contributed by atoms with Gasteiger partial charge in [-0.25, -0.2) is 9.59 Å². The van der Waals surface area contributed by atoms with Crippen LogP contribution in [0.1, 0.15) is 20.7 Å². The largest absolute Gasteiger partial charge is 0.465 e. The number of amides is 1. The molecule has 0 aliphatic heterocycles. The van der Waals surface area contributed by atoms with Crippen molar-refractivity contribution < 1.29 is 28.6 Å². The summed E-state index contributed by atoms with van der Waals surface area (Å²) in [7, 11) is 1.25. The third-order valence-corrected chi connectivity index (χ3v) is 4.02. The Labute approximate surface area is 173 Å². The summed E-state index contributed by atoms with van der Waals surface area (Å²) in [4.78, 5) is 36.5. The molecule has 152 valence electrons. The molecule has 3 aromatic carbocycles. The topological polar surface area (TPSA) is 90.9 Å². The van der Waals surface area contributed by atoms with Crippen LogP contribution in [0.2, 0.25) is 0 Å². The van der Waals surface area contributed by atoms with Crippen molar-refractivity contribution in [2.45, 2.75) is 0 Å². The van der Waals surface area contributed by atoms with Crippen molar-refractivity contribution >= 4 is 23.5 Å². The first-order valence-electron chi connectivity index (χ1n) is 9.04. The van der Waals surface area contributed by atoms with E-state index >= 15 is 0 Å². The maximum atomic E-state index is 12.5. The number of carbonyl (C=O) groups excluding carboxylic acids is 3. The molecule has 0 aliphatic rings. The van der Waals surface area contributed by atoms with Crippen molar-refractivity contribution in [1.82, 2.24) is 0 Å². The molecule has 0 aliphatic carbocycles. The molecule has 7 nitrogen and oxygen atoms in total.